The molecule has 1 aromatic carbocycles. The molecule has 4 nitrogen and oxygen atoms in total. The van der Waals surface area contributed by atoms with Crippen molar-refractivity contribution in [2.75, 3.05) is 0 Å². The molecule has 0 N–H and O–H groups in total. The quantitative estimate of drug-likeness (QED) is 0.640. The van der Waals surface area contributed by atoms with Crippen LogP contribution in [-0.2, 0) is 14.8 Å². The summed E-state index contributed by atoms with van der Waals surface area (Å²) in [4.78, 5) is 11.9. The standard InChI is InChI=1S/C16H17Br2NO3S/c1-10(2)12-9-13(20)16(3,18)15(17)14(12)19-23(21,22)11-7-5-4-6-8-11/h4-10,15H,1-3H3. The van der Waals surface area contributed by atoms with Crippen LogP contribution < -0.4 is 0 Å². The van der Waals surface area contributed by atoms with Gasteiger partial charge in [0, 0.05) is 0 Å². The second-order valence-electron chi connectivity index (χ2n) is 5.82. The van der Waals surface area contributed by atoms with Crippen molar-refractivity contribution in [3.05, 3.63) is 42.0 Å². The summed E-state index contributed by atoms with van der Waals surface area (Å²) in [5, 5.41) is 0. The van der Waals surface area contributed by atoms with E-state index in [0.29, 0.717) is 11.3 Å². The van der Waals surface area contributed by atoms with Crippen molar-refractivity contribution in [1.82, 2.24) is 0 Å². The van der Waals surface area contributed by atoms with E-state index in [1.807, 2.05) is 13.8 Å². The maximum absolute atomic E-state index is 12.6. The molecule has 0 aromatic heterocycles. The topological polar surface area (TPSA) is 63.6 Å². The molecule has 0 fully saturated rings. The van der Waals surface area contributed by atoms with Gasteiger partial charge in [0.05, 0.1) is 15.4 Å². The van der Waals surface area contributed by atoms with Crippen LogP contribution in [0, 0.1) is 5.92 Å². The van der Waals surface area contributed by atoms with Crippen LogP contribution in [-0.4, -0.2) is 29.1 Å². The summed E-state index contributed by atoms with van der Waals surface area (Å²) in [5.74, 6) is -0.133. The molecule has 1 aliphatic rings. The molecule has 2 atom stereocenters. The molecule has 7 heteroatoms. The van der Waals surface area contributed by atoms with E-state index in [4.69, 9.17) is 0 Å². The Bertz CT molecular complexity index is 781. The zero-order valence-electron chi connectivity index (χ0n) is 13.0. The predicted molar refractivity (Wildman–Crippen MR) is 99.0 cm³/mol. The third-order valence-corrected chi connectivity index (χ3v) is 7.78. The van der Waals surface area contributed by atoms with Gasteiger partial charge in [0.25, 0.3) is 10.0 Å². The van der Waals surface area contributed by atoms with Gasteiger partial charge in [-0.1, -0.05) is 63.9 Å². The van der Waals surface area contributed by atoms with Crippen LogP contribution in [0.2, 0.25) is 0 Å². The van der Waals surface area contributed by atoms with Crippen molar-refractivity contribution in [3.8, 4) is 0 Å². The van der Waals surface area contributed by atoms with E-state index in [0.717, 1.165) is 0 Å². The van der Waals surface area contributed by atoms with Crippen LogP contribution in [0.15, 0.2) is 51.3 Å². The maximum Gasteiger partial charge on any atom is 0.282 e. The lowest BCUT2D eigenvalue weighted by Gasteiger charge is -2.33. The molecule has 0 radical (unpaired) electrons. The monoisotopic (exact) mass is 461 g/mol. The summed E-state index contributed by atoms with van der Waals surface area (Å²) in [6.45, 7) is 5.51. The summed E-state index contributed by atoms with van der Waals surface area (Å²) in [5.41, 5.74) is 0.996. The van der Waals surface area contributed by atoms with Crippen molar-refractivity contribution in [3.63, 3.8) is 0 Å². The van der Waals surface area contributed by atoms with Crippen molar-refractivity contribution in [2.24, 2.45) is 10.3 Å². The number of benzene rings is 1. The van der Waals surface area contributed by atoms with Gasteiger partial charge in [0.15, 0.2) is 5.78 Å². The number of halogens is 2. The molecule has 0 bridgehead atoms. The SMILES string of the molecule is CC(C)C1=CC(=O)C(C)(Br)C(Br)C1=NS(=O)(=O)c1ccccc1. The Morgan fingerprint density at radius 2 is 1.78 bits per heavy atom. The van der Waals surface area contributed by atoms with Crippen LogP contribution in [0.1, 0.15) is 20.8 Å². The molecular formula is C16H17Br2NO3S. The summed E-state index contributed by atoms with van der Waals surface area (Å²) >= 11 is 6.83. The Kier molecular flexibility index (Phi) is 5.33. The molecule has 124 valence electrons. The van der Waals surface area contributed by atoms with Gasteiger partial charge in [-0.2, -0.15) is 12.8 Å². The average molecular weight is 463 g/mol. The van der Waals surface area contributed by atoms with E-state index in [1.54, 1.807) is 25.1 Å². The molecule has 1 aromatic rings. The fourth-order valence-electron chi connectivity index (χ4n) is 2.22. The fraction of sp³-hybridized carbons (Fsp3) is 0.375. The smallest absolute Gasteiger partial charge is 0.282 e. The van der Waals surface area contributed by atoms with Crippen molar-refractivity contribution >= 4 is 53.4 Å². The number of rotatable bonds is 3. The lowest BCUT2D eigenvalue weighted by atomic mass is 9.83. The molecule has 1 aliphatic carbocycles. The number of carbonyl (C=O) groups excluding carboxylic acids is 1. The average Bonchev–Trinajstić information content (AvgIpc) is 2.49. The van der Waals surface area contributed by atoms with Crippen LogP contribution in [0.25, 0.3) is 0 Å². The lowest BCUT2D eigenvalue weighted by Crippen LogP contribution is -2.46. The van der Waals surface area contributed by atoms with Gasteiger partial charge < -0.3 is 0 Å². The Morgan fingerprint density at radius 1 is 1.22 bits per heavy atom. The molecule has 2 rings (SSSR count). The van der Waals surface area contributed by atoms with Crippen LogP contribution in [0.5, 0.6) is 0 Å². The Balaban J connectivity index is 2.63. The number of hydrogen-bond acceptors (Lipinski definition) is 3. The minimum absolute atomic E-state index is 0.0210. The Labute approximate surface area is 153 Å². The molecule has 0 spiro atoms. The number of alkyl halides is 2. The summed E-state index contributed by atoms with van der Waals surface area (Å²) in [6, 6.07) is 8.05. The number of hydrogen-bond donors (Lipinski definition) is 0. The number of sulfonamides is 1. The maximum atomic E-state index is 12.6. The molecule has 0 saturated carbocycles. The van der Waals surface area contributed by atoms with Gasteiger partial charge in [0.2, 0.25) is 0 Å². The third-order valence-electron chi connectivity index (χ3n) is 3.66. The first kappa shape index (κ1) is 18.5. The van der Waals surface area contributed by atoms with Gasteiger partial charge in [-0.15, -0.1) is 0 Å². The fourth-order valence-corrected chi connectivity index (χ4v) is 4.36. The number of nitrogens with zero attached hydrogens (tertiary/aromatic N) is 1. The lowest BCUT2D eigenvalue weighted by molar-refractivity contribution is -0.116. The van der Waals surface area contributed by atoms with Gasteiger partial charge in [-0.3, -0.25) is 4.79 Å². The molecule has 0 amide bonds. The van der Waals surface area contributed by atoms with E-state index in [-0.39, 0.29) is 16.6 Å². The van der Waals surface area contributed by atoms with Gasteiger partial charge in [0.1, 0.15) is 4.32 Å². The summed E-state index contributed by atoms with van der Waals surface area (Å²) < 4.78 is 28.3. The second kappa shape index (κ2) is 6.61. The first-order valence-corrected chi connectivity index (χ1v) is 10.2. The molecule has 0 aliphatic heterocycles. The first-order chi connectivity index (χ1) is 10.6. The normalized spacial score (nSPS) is 27.4. The van der Waals surface area contributed by atoms with Crippen LogP contribution >= 0.6 is 31.9 Å². The van der Waals surface area contributed by atoms with E-state index in [9.17, 15) is 13.2 Å². The highest BCUT2D eigenvalue weighted by Gasteiger charge is 2.45. The molecule has 2 unspecified atom stereocenters. The minimum atomic E-state index is -3.84. The highest BCUT2D eigenvalue weighted by molar-refractivity contribution is 9.13. The highest BCUT2D eigenvalue weighted by Crippen LogP contribution is 2.38. The molecule has 23 heavy (non-hydrogen) atoms. The number of ketones is 1. The van der Waals surface area contributed by atoms with E-state index in [1.165, 1.54) is 18.2 Å². The summed E-state index contributed by atoms with van der Waals surface area (Å²) in [6.07, 6.45) is 1.48. The van der Waals surface area contributed by atoms with Crippen molar-refractivity contribution in [1.29, 1.82) is 0 Å². The zero-order valence-corrected chi connectivity index (χ0v) is 16.9. The summed E-state index contributed by atoms with van der Waals surface area (Å²) in [7, 11) is -3.84. The van der Waals surface area contributed by atoms with E-state index in [2.05, 4.69) is 36.3 Å². The van der Waals surface area contributed by atoms with Crippen molar-refractivity contribution < 1.29 is 13.2 Å². The minimum Gasteiger partial charge on any atom is -0.293 e. The van der Waals surface area contributed by atoms with Crippen LogP contribution in [0.3, 0.4) is 0 Å². The highest BCUT2D eigenvalue weighted by atomic mass is 79.9. The Morgan fingerprint density at radius 3 is 2.30 bits per heavy atom. The predicted octanol–water partition coefficient (Wildman–Crippen LogP) is 3.90. The van der Waals surface area contributed by atoms with Gasteiger partial charge in [-0.25, -0.2) is 0 Å². The third kappa shape index (κ3) is 3.67. The molecular weight excluding hydrogens is 446 g/mol. The second-order valence-corrected chi connectivity index (χ2v) is 9.99. The largest absolute Gasteiger partial charge is 0.293 e. The van der Waals surface area contributed by atoms with E-state index >= 15 is 0 Å². The van der Waals surface area contributed by atoms with Gasteiger partial charge in [-0.05, 0) is 36.6 Å². The molecule has 0 saturated heterocycles. The molecule has 0 heterocycles. The first-order valence-electron chi connectivity index (χ1n) is 7.06. The van der Waals surface area contributed by atoms with Crippen LogP contribution in [0.4, 0.5) is 0 Å². The number of allylic oxidation sites excluding steroid dienone is 2. The van der Waals surface area contributed by atoms with E-state index < -0.39 is 19.2 Å². The van der Waals surface area contributed by atoms with Gasteiger partial charge >= 0.3 is 0 Å². The van der Waals surface area contributed by atoms with Crippen molar-refractivity contribution in [2.45, 2.75) is 34.8 Å². The Hall–Kier alpha value is -0.790. The zero-order chi connectivity index (χ0) is 17.4. The number of carbonyl (C=O) groups is 1.